The Morgan fingerprint density at radius 1 is 1.19 bits per heavy atom. The number of carbonyl (C=O) groups is 1. The quantitative estimate of drug-likeness (QED) is 0.637. The Bertz CT molecular complexity index is 905. The summed E-state index contributed by atoms with van der Waals surface area (Å²) in [6, 6.07) is 8.04. The van der Waals surface area contributed by atoms with Crippen molar-refractivity contribution >= 4 is 17.9 Å². The number of phenolic OH excluding ortho intramolecular Hbond substituents is 2. The second-order valence-corrected chi connectivity index (χ2v) is 6.54. The highest BCUT2D eigenvalue weighted by Crippen LogP contribution is 2.43. The number of aromatic hydroxyl groups is 2. The van der Waals surface area contributed by atoms with Crippen molar-refractivity contribution in [2.45, 2.75) is 19.4 Å². The number of rotatable bonds is 4. The molecule has 0 bridgehead atoms. The zero-order valence-electron chi connectivity index (χ0n) is 14.8. The van der Waals surface area contributed by atoms with Gasteiger partial charge in [0.1, 0.15) is 34.2 Å². The fourth-order valence-corrected chi connectivity index (χ4v) is 2.72. The van der Waals surface area contributed by atoms with Crippen molar-refractivity contribution in [3.8, 4) is 23.0 Å². The zero-order chi connectivity index (χ0) is 18.9. The van der Waals surface area contributed by atoms with E-state index in [2.05, 4.69) is 0 Å². The first-order chi connectivity index (χ1) is 12.3. The van der Waals surface area contributed by atoms with Crippen LogP contribution in [-0.2, 0) is 0 Å². The zero-order valence-corrected chi connectivity index (χ0v) is 14.8. The minimum Gasteiger partial charge on any atom is -0.508 e. The van der Waals surface area contributed by atoms with Crippen molar-refractivity contribution in [2.24, 2.45) is 0 Å². The molecular weight excluding hydrogens is 332 g/mol. The molecule has 0 saturated carbocycles. The first kappa shape index (κ1) is 17.6. The van der Waals surface area contributed by atoms with Crippen LogP contribution >= 0.6 is 0 Å². The van der Waals surface area contributed by atoms with E-state index in [1.54, 1.807) is 30.4 Å². The summed E-state index contributed by atoms with van der Waals surface area (Å²) in [5.74, 6) is 0.288. The van der Waals surface area contributed by atoms with Gasteiger partial charge in [0.05, 0.1) is 12.7 Å². The molecule has 0 aliphatic carbocycles. The fourth-order valence-electron chi connectivity index (χ4n) is 2.72. The predicted octanol–water partition coefficient (Wildman–Crippen LogP) is 4.19. The lowest BCUT2D eigenvalue weighted by Gasteiger charge is -2.29. The molecule has 1 aliphatic rings. The van der Waals surface area contributed by atoms with Crippen LogP contribution in [0.4, 0.5) is 0 Å². The van der Waals surface area contributed by atoms with Gasteiger partial charge in [0.15, 0.2) is 5.78 Å². The molecule has 5 heteroatoms. The molecule has 2 N–H and O–H groups in total. The maximum absolute atomic E-state index is 12.7. The summed E-state index contributed by atoms with van der Waals surface area (Å²) in [5, 5.41) is 19.9. The third-order valence-corrected chi connectivity index (χ3v) is 4.08. The highest BCUT2D eigenvalue weighted by atomic mass is 16.5. The molecule has 1 heterocycles. The highest BCUT2D eigenvalue weighted by Gasteiger charge is 2.28. The fraction of sp³-hybridized carbons (Fsp3) is 0.190. The van der Waals surface area contributed by atoms with E-state index >= 15 is 0 Å². The van der Waals surface area contributed by atoms with Crippen molar-refractivity contribution < 1.29 is 24.5 Å². The van der Waals surface area contributed by atoms with Crippen LogP contribution in [-0.4, -0.2) is 28.7 Å². The van der Waals surface area contributed by atoms with Gasteiger partial charge in [-0.15, -0.1) is 0 Å². The standard InChI is InChI=1S/C21H20O5/c1-21(2)11-10-15-17(26-21)12-18(25-3)19(20(15)24)16(23)9-6-13-4-7-14(22)8-5-13/h4-12,22,24H,1-3H3/b9-6+. The van der Waals surface area contributed by atoms with E-state index in [9.17, 15) is 15.0 Å². The van der Waals surface area contributed by atoms with Crippen LogP contribution in [0.15, 0.2) is 42.5 Å². The average molecular weight is 352 g/mol. The topological polar surface area (TPSA) is 76.0 Å². The number of methoxy groups -OCH3 is 1. The van der Waals surface area contributed by atoms with Crippen LogP contribution in [0.25, 0.3) is 12.2 Å². The second kappa shape index (κ2) is 6.59. The third-order valence-electron chi connectivity index (χ3n) is 4.08. The third kappa shape index (κ3) is 3.42. The summed E-state index contributed by atoms with van der Waals surface area (Å²) in [7, 11) is 1.44. The normalized spacial score (nSPS) is 14.7. The van der Waals surface area contributed by atoms with Gasteiger partial charge in [-0.2, -0.15) is 0 Å². The molecule has 0 spiro atoms. The van der Waals surface area contributed by atoms with Gasteiger partial charge in [-0.05, 0) is 49.8 Å². The Hall–Kier alpha value is -3.21. The SMILES string of the molecule is COc1cc2c(c(O)c1C(=O)/C=C/c1ccc(O)cc1)C=CC(C)(C)O2. The van der Waals surface area contributed by atoms with E-state index in [-0.39, 0.29) is 22.8 Å². The number of ketones is 1. The molecule has 0 atom stereocenters. The minimum absolute atomic E-state index is 0.0780. The first-order valence-electron chi connectivity index (χ1n) is 8.14. The average Bonchev–Trinajstić information content (AvgIpc) is 2.59. The lowest BCUT2D eigenvalue weighted by atomic mass is 9.97. The highest BCUT2D eigenvalue weighted by molar-refractivity contribution is 6.11. The molecular formula is C21H20O5. The van der Waals surface area contributed by atoms with Crippen molar-refractivity contribution in [3.05, 3.63) is 59.2 Å². The molecule has 1 aliphatic heterocycles. The summed E-state index contributed by atoms with van der Waals surface area (Å²) in [6.45, 7) is 3.80. The predicted molar refractivity (Wildman–Crippen MR) is 99.9 cm³/mol. The molecule has 5 nitrogen and oxygen atoms in total. The molecule has 0 unspecified atom stereocenters. The summed E-state index contributed by atoms with van der Waals surface area (Å²) in [4.78, 5) is 12.7. The second-order valence-electron chi connectivity index (χ2n) is 6.54. The van der Waals surface area contributed by atoms with Crippen molar-refractivity contribution in [1.82, 2.24) is 0 Å². The molecule has 26 heavy (non-hydrogen) atoms. The smallest absolute Gasteiger partial charge is 0.193 e. The van der Waals surface area contributed by atoms with E-state index in [0.717, 1.165) is 5.56 Å². The van der Waals surface area contributed by atoms with Crippen LogP contribution in [0.2, 0.25) is 0 Å². The maximum Gasteiger partial charge on any atom is 0.193 e. The van der Waals surface area contributed by atoms with Gasteiger partial charge < -0.3 is 19.7 Å². The minimum atomic E-state index is -0.505. The molecule has 0 fully saturated rings. The molecule has 0 saturated heterocycles. The number of fused-ring (bicyclic) bond motifs is 1. The van der Waals surface area contributed by atoms with Crippen molar-refractivity contribution in [3.63, 3.8) is 0 Å². The lowest BCUT2D eigenvalue weighted by Crippen LogP contribution is -2.27. The Morgan fingerprint density at radius 3 is 2.54 bits per heavy atom. The Morgan fingerprint density at radius 2 is 1.88 bits per heavy atom. The summed E-state index contributed by atoms with van der Waals surface area (Å²) >= 11 is 0. The Balaban J connectivity index is 1.99. The molecule has 134 valence electrons. The molecule has 2 aromatic rings. The van der Waals surface area contributed by atoms with Gasteiger partial charge in [-0.3, -0.25) is 4.79 Å². The van der Waals surface area contributed by atoms with E-state index in [4.69, 9.17) is 9.47 Å². The van der Waals surface area contributed by atoms with Crippen LogP contribution in [0, 0.1) is 0 Å². The molecule has 0 aromatic heterocycles. The molecule has 3 rings (SSSR count). The van der Waals surface area contributed by atoms with E-state index < -0.39 is 11.4 Å². The number of phenols is 2. The van der Waals surface area contributed by atoms with Gasteiger partial charge in [0.25, 0.3) is 0 Å². The summed E-state index contributed by atoms with van der Waals surface area (Å²) in [6.07, 6.45) is 6.53. The number of hydrogen-bond acceptors (Lipinski definition) is 5. The summed E-state index contributed by atoms with van der Waals surface area (Å²) < 4.78 is 11.1. The van der Waals surface area contributed by atoms with E-state index in [1.807, 2.05) is 19.9 Å². The van der Waals surface area contributed by atoms with Gasteiger partial charge in [0, 0.05) is 6.07 Å². The molecule has 2 aromatic carbocycles. The van der Waals surface area contributed by atoms with Crippen LogP contribution in [0.1, 0.15) is 35.3 Å². The van der Waals surface area contributed by atoms with Crippen LogP contribution in [0.3, 0.4) is 0 Å². The largest absolute Gasteiger partial charge is 0.508 e. The lowest BCUT2D eigenvalue weighted by molar-refractivity contribution is 0.104. The number of hydrogen-bond donors (Lipinski definition) is 2. The summed E-state index contributed by atoms with van der Waals surface area (Å²) in [5.41, 5.74) is 0.771. The van der Waals surface area contributed by atoms with Gasteiger partial charge in [-0.1, -0.05) is 18.2 Å². The van der Waals surface area contributed by atoms with Crippen molar-refractivity contribution in [1.29, 1.82) is 0 Å². The Labute approximate surface area is 151 Å². The number of carbonyl (C=O) groups excluding carboxylic acids is 1. The number of ether oxygens (including phenoxy) is 2. The van der Waals surface area contributed by atoms with Gasteiger partial charge >= 0.3 is 0 Å². The van der Waals surface area contributed by atoms with Crippen LogP contribution < -0.4 is 9.47 Å². The number of benzene rings is 2. The van der Waals surface area contributed by atoms with E-state index in [1.165, 1.54) is 25.3 Å². The first-order valence-corrected chi connectivity index (χ1v) is 8.14. The van der Waals surface area contributed by atoms with Crippen molar-refractivity contribution in [2.75, 3.05) is 7.11 Å². The van der Waals surface area contributed by atoms with Gasteiger partial charge in [0.2, 0.25) is 0 Å². The van der Waals surface area contributed by atoms with Gasteiger partial charge in [-0.25, -0.2) is 0 Å². The van der Waals surface area contributed by atoms with E-state index in [0.29, 0.717) is 11.3 Å². The number of allylic oxidation sites excluding steroid dienone is 1. The Kier molecular flexibility index (Phi) is 4.47. The molecule has 0 amide bonds. The maximum atomic E-state index is 12.7. The monoisotopic (exact) mass is 352 g/mol. The van der Waals surface area contributed by atoms with Crippen LogP contribution in [0.5, 0.6) is 23.0 Å². The molecule has 0 radical (unpaired) electrons.